The molecule has 0 heterocycles. The molecule has 0 spiro atoms. The summed E-state index contributed by atoms with van der Waals surface area (Å²) in [7, 11) is 0. The van der Waals surface area contributed by atoms with Gasteiger partial charge in [-0.3, -0.25) is 9.59 Å². The molecule has 0 saturated heterocycles. The fourth-order valence-electron chi connectivity index (χ4n) is 0.703. The third-order valence-electron chi connectivity index (χ3n) is 1.51. The molecule has 15 heavy (non-hydrogen) atoms. The molecule has 0 amide bonds. The van der Waals surface area contributed by atoms with Crippen molar-refractivity contribution in [1.82, 2.24) is 0 Å². The molecule has 2 N–H and O–H groups in total. The summed E-state index contributed by atoms with van der Waals surface area (Å²) in [6.07, 6.45) is -1.16. The van der Waals surface area contributed by atoms with E-state index in [9.17, 15) is 14.4 Å². The van der Waals surface area contributed by atoms with Gasteiger partial charge in [0, 0.05) is 0 Å². The molecule has 0 saturated carbocycles. The van der Waals surface area contributed by atoms with Gasteiger partial charge in [-0.05, 0) is 20.8 Å². The zero-order chi connectivity index (χ0) is 12.0. The van der Waals surface area contributed by atoms with E-state index in [4.69, 9.17) is 5.73 Å². The Kier molecular flexibility index (Phi) is 5.54. The number of esters is 2. The van der Waals surface area contributed by atoms with Gasteiger partial charge in [-0.2, -0.15) is 0 Å². The Balaban J connectivity index is 4.21. The molecule has 0 rings (SSSR count). The van der Waals surface area contributed by atoms with Crippen LogP contribution in [0.2, 0.25) is 0 Å². The number of rotatable bonds is 5. The van der Waals surface area contributed by atoms with Crippen LogP contribution in [0.25, 0.3) is 0 Å². The third kappa shape index (κ3) is 4.55. The largest absolute Gasteiger partial charge is 0.460 e. The van der Waals surface area contributed by atoms with Crippen LogP contribution >= 0.6 is 0 Å². The summed E-state index contributed by atoms with van der Waals surface area (Å²) in [5.74, 6) is -2.64. The fourth-order valence-corrected chi connectivity index (χ4v) is 0.703. The van der Waals surface area contributed by atoms with Crippen LogP contribution in [0.5, 0.6) is 0 Å². The minimum absolute atomic E-state index is 0.0958. The summed E-state index contributed by atoms with van der Waals surface area (Å²) in [4.78, 5) is 33.1. The normalized spacial score (nSPS) is 13.9. The number of hydrogen-bond donors (Lipinski definition) is 1. The average molecular weight is 217 g/mol. The van der Waals surface area contributed by atoms with Crippen molar-refractivity contribution in [2.75, 3.05) is 6.61 Å². The third-order valence-corrected chi connectivity index (χ3v) is 1.51. The highest BCUT2D eigenvalue weighted by molar-refractivity contribution is 6.35. The topological polar surface area (TPSA) is 95.7 Å². The maximum absolute atomic E-state index is 11.2. The molecule has 86 valence electrons. The first-order valence-electron chi connectivity index (χ1n) is 4.57. The van der Waals surface area contributed by atoms with Crippen molar-refractivity contribution >= 4 is 17.7 Å². The summed E-state index contributed by atoms with van der Waals surface area (Å²) in [6.45, 7) is 4.38. The lowest BCUT2D eigenvalue weighted by molar-refractivity contribution is -0.163. The SMILES string of the molecule is CCOC(=O)C(=O)C(C)OC(=O)C(C)N. The molecule has 6 nitrogen and oxygen atoms in total. The summed E-state index contributed by atoms with van der Waals surface area (Å²) >= 11 is 0. The lowest BCUT2D eigenvalue weighted by Gasteiger charge is -2.12. The quantitative estimate of drug-likeness (QED) is 0.488. The highest BCUT2D eigenvalue weighted by Crippen LogP contribution is 1.97. The van der Waals surface area contributed by atoms with Crippen LogP contribution < -0.4 is 5.73 Å². The lowest BCUT2D eigenvalue weighted by atomic mass is 10.2. The van der Waals surface area contributed by atoms with Gasteiger partial charge in [0.2, 0.25) is 0 Å². The van der Waals surface area contributed by atoms with Crippen LogP contribution in [-0.4, -0.2) is 36.5 Å². The predicted octanol–water partition coefficient (Wildman–Crippen LogP) is -0.602. The van der Waals surface area contributed by atoms with E-state index in [-0.39, 0.29) is 6.61 Å². The Hall–Kier alpha value is -1.43. The second kappa shape index (κ2) is 6.13. The molecule has 0 fully saturated rings. The van der Waals surface area contributed by atoms with Crippen LogP contribution in [0.4, 0.5) is 0 Å². The Labute approximate surface area is 87.7 Å². The number of hydrogen-bond acceptors (Lipinski definition) is 6. The molecule has 0 aliphatic carbocycles. The zero-order valence-corrected chi connectivity index (χ0v) is 8.98. The van der Waals surface area contributed by atoms with Crippen molar-refractivity contribution in [3.05, 3.63) is 0 Å². The minimum atomic E-state index is -1.16. The number of nitrogens with two attached hydrogens (primary N) is 1. The highest BCUT2D eigenvalue weighted by atomic mass is 16.6. The van der Waals surface area contributed by atoms with Crippen LogP contribution in [0.15, 0.2) is 0 Å². The summed E-state index contributed by atoms with van der Waals surface area (Å²) in [6, 6.07) is -0.831. The van der Waals surface area contributed by atoms with Gasteiger partial charge in [-0.1, -0.05) is 0 Å². The van der Waals surface area contributed by atoms with Crippen molar-refractivity contribution in [1.29, 1.82) is 0 Å². The number of ketones is 1. The Morgan fingerprint density at radius 2 is 1.80 bits per heavy atom. The molecule has 0 aromatic rings. The fraction of sp³-hybridized carbons (Fsp3) is 0.667. The standard InChI is InChI=1S/C9H15NO5/c1-4-14-9(13)7(11)6(3)15-8(12)5(2)10/h5-6H,4,10H2,1-3H3. The van der Waals surface area contributed by atoms with E-state index in [1.165, 1.54) is 13.8 Å². The van der Waals surface area contributed by atoms with Gasteiger partial charge in [0.1, 0.15) is 6.04 Å². The number of carbonyl (C=O) groups excluding carboxylic acids is 3. The maximum Gasteiger partial charge on any atom is 0.378 e. The molecule has 0 aliphatic heterocycles. The van der Waals surface area contributed by atoms with Crippen molar-refractivity contribution in [3.63, 3.8) is 0 Å². The van der Waals surface area contributed by atoms with E-state index in [0.29, 0.717) is 0 Å². The molecule has 0 aromatic carbocycles. The molecule has 2 unspecified atom stereocenters. The molecule has 0 bridgehead atoms. The van der Waals surface area contributed by atoms with Crippen LogP contribution in [0, 0.1) is 0 Å². The first-order chi connectivity index (χ1) is 6.90. The summed E-state index contributed by atoms with van der Waals surface area (Å²) in [5.41, 5.74) is 5.22. The first-order valence-corrected chi connectivity index (χ1v) is 4.57. The molecule has 0 aliphatic rings. The van der Waals surface area contributed by atoms with E-state index in [1.54, 1.807) is 6.92 Å². The van der Waals surface area contributed by atoms with Crippen molar-refractivity contribution in [3.8, 4) is 0 Å². The molecule has 6 heteroatoms. The van der Waals surface area contributed by atoms with E-state index in [2.05, 4.69) is 9.47 Å². The van der Waals surface area contributed by atoms with Gasteiger partial charge in [0.05, 0.1) is 6.61 Å². The zero-order valence-electron chi connectivity index (χ0n) is 8.98. The smallest absolute Gasteiger partial charge is 0.378 e. The predicted molar refractivity (Wildman–Crippen MR) is 50.8 cm³/mol. The van der Waals surface area contributed by atoms with E-state index in [1.807, 2.05) is 0 Å². The van der Waals surface area contributed by atoms with Crippen molar-refractivity contribution in [2.24, 2.45) is 5.73 Å². The Morgan fingerprint density at radius 1 is 1.27 bits per heavy atom. The monoisotopic (exact) mass is 217 g/mol. The lowest BCUT2D eigenvalue weighted by Crippen LogP contribution is -2.37. The first kappa shape index (κ1) is 13.6. The van der Waals surface area contributed by atoms with Crippen molar-refractivity contribution < 1.29 is 23.9 Å². The van der Waals surface area contributed by atoms with Crippen molar-refractivity contribution in [2.45, 2.75) is 32.9 Å². The van der Waals surface area contributed by atoms with E-state index < -0.39 is 29.9 Å². The second-order valence-corrected chi connectivity index (χ2v) is 2.95. The minimum Gasteiger partial charge on any atom is -0.460 e. The van der Waals surface area contributed by atoms with Gasteiger partial charge in [0.15, 0.2) is 6.10 Å². The Bertz CT molecular complexity index is 261. The molecule has 0 aromatic heterocycles. The Morgan fingerprint density at radius 3 is 2.20 bits per heavy atom. The van der Waals surface area contributed by atoms with Crippen LogP contribution in [0.1, 0.15) is 20.8 Å². The number of ether oxygens (including phenoxy) is 2. The average Bonchev–Trinajstić information content (AvgIpc) is 2.16. The van der Waals surface area contributed by atoms with Crippen LogP contribution in [-0.2, 0) is 23.9 Å². The maximum atomic E-state index is 11.2. The molecular weight excluding hydrogens is 202 g/mol. The van der Waals surface area contributed by atoms with E-state index in [0.717, 1.165) is 0 Å². The van der Waals surface area contributed by atoms with Gasteiger partial charge < -0.3 is 15.2 Å². The molecular formula is C9H15NO5. The number of Topliss-reactive ketones (excluding diaryl/α,β-unsaturated/α-hetero) is 1. The molecule has 2 atom stereocenters. The van der Waals surface area contributed by atoms with Crippen LogP contribution in [0.3, 0.4) is 0 Å². The summed E-state index contributed by atoms with van der Waals surface area (Å²) < 4.78 is 9.08. The van der Waals surface area contributed by atoms with Gasteiger partial charge in [-0.15, -0.1) is 0 Å². The second-order valence-electron chi connectivity index (χ2n) is 2.95. The summed E-state index contributed by atoms with van der Waals surface area (Å²) in [5, 5.41) is 0. The van der Waals surface area contributed by atoms with Gasteiger partial charge >= 0.3 is 11.9 Å². The van der Waals surface area contributed by atoms with Gasteiger partial charge in [0.25, 0.3) is 5.78 Å². The number of carbonyl (C=O) groups is 3. The molecule has 0 radical (unpaired) electrons. The van der Waals surface area contributed by atoms with E-state index >= 15 is 0 Å². The highest BCUT2D eigenvalue weighted by Gasteiger charge is 2.26. The van der Waals surface area contributed by atoms with Gasteiger partial charge in [-0.25, -0.2) is 4.79 Å².